The molecule has 30 heavy (non-hydrogen) atoms. The zero-order valence-electron chi connectivity index (χ0n) is 15.6. The van der Waals surface area contributed by atoms with Gasteiger partial charge in [-0.2, -0.15) is 0 Å². The maximum atomic E-state index is 10.7. The molecule has 3 rings (SSSR count). The Hall–Kier alpha value is -1.87. The Morgan fingerprint density at radius 3 is 2.47 bits per heavy atom. The molecule has 0 aromatic heterocycles. The normalized spacial score (nSPS) is 39.1. The first kappa shape index (κ1) is 22.8. The number of ether oxygens (including phenoxy) is 4. The highest BCUT2D eigenvalue weighted by Gasteiger charge is 2.50. The number of hydrogen-bond donors (Lipinski definition) is 7. The summed E-state index contributed by atoms with van der Waals surface area (Å²) in [6, 6.07) is 3.74. The van der Waals surface area contributed by atoms with E-state index in [1.165, 1.54) is 12.1 Å². The fourth-order valence-corrected chi connectivity index (χ4v) is 3.11. The molecule has 0 saturated carbocycles. The molecule has 7 N–H and O–H groups in total. The van der Waals surface area contributed by atoms with Crippen LogP contribution >= 0.6 is 0 Å². The lowest BCUT2D eigenvalue weighted by molar-refractivity contribution is -0.289. The van der Waals surface area contributed by atoms with Crippen LogP contribution in [0.5, 0.6) is 11.5 Å². The molecule has 2 heterocycles. The summed E-state index contributed by atoms with van der Waals surface area (Å²) in [5.41, 5.74) is -1.71. The fraction of sp³-hybridized carbons (Fsp3) is 0.611. The summed E-state index contributed by atoms with van der Waals surface area (Å²) in [7, 11) is 0. The Morgan fingerprint density at radius 1 is 1.13 bits per heavy atom. The summed E-state index contributed by atoms with van der Waals surface area (Å²) >= 11 is 0. The van der Waals surface area contributed by atoms with E-state index in [1.807, 2.05) is 0 Å². The molecule has 0 bridgehead atoms. The number of phenols is 1. The van der Waals surface area contributed by atoms with Crippen molar-refractivity contribution in [3.63, 3.8) is 0 Å². The van der Waals surface area contributed by atoms with E-state index in [0.29, 0.717) is 6.29 Å². The average molecular weight is 432 g/mol. The van der Waals surface area contributed by atoms with E-state index in [2.05, 4.69) is 0 Å². The number of carbonyl (C=O) groups excluding carboxylic acids is 1. The minimum absolute atomic E-state index is 0.143. The molecular weight excluding hydrogens is 408 g/mol. The predicted molar refractivity (Wildman–Crippen MR) is 94.5 cm³/mol. The molecule has 12 nitrogen and oxygen atoms in total. The Kier molecular flexibility index (Phi) is 6.91. The molecule has 2 aliphatic heterocycles. The molecule has 8 atom stereocenters. The third-order valence-electron chi connectivity index (χ3n) is 5.04. The topological polar surface area (TPSA) is 196 Å². The summed E-state index contributed by atoms with van der Waals surface area (Å²) in [4.78, 5) is 10.7. The van der Waals surface area contributed by atoms with E-state index in [1.54, 1.807) is 0 Å². The molecule has 2 saturated heterocycles. The van der Waals surface area contributed by atoms with Crippen molar-refractivity contribution in [1.82, 2.24) is 0 Å². The first-order chi connectivity index (χ1) is 14.2. The molecule has 168 valence electrons. The van der Waals surface area contributed by atoms with Crippen LogP contribution in [0.4, 0.5) is 0 Å². The van der Waals surface area contributed by atoms with Crippen LogP contribution in [0.3, 0.4) is 0 Å². The number of aromatic hydroxyl groups is 1. The van der Waals surface area contributed by atoms with Crippen LogP contribution in [0.25, 0.3) is 0 Å². The van der Waals surface area contributed by atoms with Gasteiger partial charge in [0.2, 0.25) is 6.29 Å². The van der Waals surface area contributed by atoms with Gasteiger partial charge in [-0.05, 0) is 18.2 Å². The number of aliphatic hydroxyl groups is 6. The van der Waals surface area contributed by atoms with Crippen molar-refractivity contribution in [2.24, 2.45) is 0 Å². The minimum atomic E-state index is -1.90. The van der Waals surface area contributed by atoms with Gasteiger partial charge in [-0.15, -0.1) is 0 Å². The van der Waals surface area contributed by atoms with Crippen molar-refractivity contribution < 1.29 is 59.5 Å². The largest absolute Gasteiger partial charge is 0.504 e. The van der Waals surface area contributed by atoms with Gasteiger partial charge >= 0.3 is 0 Å². The lowest BCUT2D eigenvalue weighted by Gasteiger charge is -2.40. The van der Waals surface area contributed by atoms with Crippen LogP contribution in [-0.2, 0) is 14.2 Å². The lowest BCUT2D eigenvalue weighted by atomic mass is 9.99. The van der Waals surface area contributed by atoms with E-state index in [9.17, 15) is 35.4 Å². The van der Waals surface area contributed by atoms with E-state index < -0.39 is 67.7 Å². The van der Waals surface area contributed by atoms with E-state index in [-0.39, 0.29) is 17.9 Å². The van der Waals surface area contributed by atoms with Gasteiger partial charge in [-0.3, -0.25) is 4.79 Å². The summed E-state index contributed by atoms with van der Waals surface area (Å²) in [6.45, 7) is -1.58. The van der Waals surface area contributed by atoms with Gasteiger partial charge in [-0.1, -0.05) is 0 Å². The summed E-state index contributed by atoms with van der Waals surface area (Å²) < 4.78 is 21.2. The molecule has 12 heteroatoms. The van der Waals surface area contributed by atoms with Crippen LogP contribution in [0.2, 0.25) is 0 Å². The third-order valence-corrected chi connectivity index (χ3v) is 5.04. The highest BCUT2D eigenvalue weighted by atomic mass is 16.7. The Morgan fingerprint density at radius 2 is 1.87 bits per heavy atom. The van der Waals surface area contributed by atoms with Crippen molar-refractivity contribution in [3.05, 3.63) is 23.8 Å². The first-order valence-corrected chi connectivity index (χ1v) is 9.09. The van der Waals surface area contributed by atoms with Crippen molar-refractivity contribution in [2.45, 2.75) is 48.7 Å². The summed E-state index contributed by atoms with van der Waals surface area (Å²) in [6.07, 6.45) is -10.1. The second-order valence-corrected chi connectivity index (χ2v) is 7.20. The maximum Gasteiger partial charge on any atom is 0.229 e. The van der Waals surface area contributed by atoms with Gasteiger partial charge in [-0.25, -0.2) is 0 Å². The van der Waals surface area contributed by atoms with Crippen LogP contribution in [0.1, 0.15) is 10.4 Å². The van der Waals surface area contributed by atoms with Gasteiger partial charge in [0.1, 0.15) is 42.4 Å². The van der Waals surface area contributed by atoms with E-state index >= 15 is 0 Å². The Labute approximate surface area is 170 Å². The number of carbonyl (C=O) groups is 1. The molecule has 0 spiro atoms. The van der Waals surface area contributed by atoms with Crippen molar-refractivity contribution >= 4 is 6.29 Å². The SMILES string of the molecule is O=Cc1ccc(O[C@@H]2O[C@H](CO[C@@H]3OC[C@@](O)(CO)[C@H]3O)[C@@H](O)[C@H](O)[C@H]2O)c(O)c1. The van der Waals surface area contributed by atoms with Crippen LogP contribution in [0.15, 0.2) is 18.2 Å². The van der Waals surface area contributed by atoms with Crippen LogP contribution in [-0.4, -0.2) is 111 Å². The summed E-state index contributed by atoms with van der Waals surface area (Å²) in [5.74, 6) is -0.551. The standard InChI is InChI=1S/C18H24O12/c19-4-8-1-2-10(9(21)3-8)29-16-14(24)13(23)12(22)11(30-16)5-27-17-15(25)18(26,6-20)7-28-17/h1-4,11-17,20-26H,5-7H2/t11-,12-,13+,14-,15+,16-,17-,18+/m1/s1. The van der Waals surface area contributed by atoms with E-state index in [4.69, 9.17) is 24.1 Å². The van der Waals surface area contributed by atoms with Gasteiger partial charge in [0.05, 0.1) is 19.8 Å². The molecule has 0 radical (unpaired) electrons. The highest BCUT2D eigenvalue weighted by Crippen LogP contribution is 2.31. The number of aldehydes is 1. The number of rotatable bonds is 7. The van der Waals surface area contributed by atoms with Gasteiger partial charge in [0.15, 0.2) is 17.8 Å². The van der Waals surface area contributed by atoms with E-state index in [0.717, 1.165) is 6.07 Å². The average Bonchev–Trinajstić information content (AvgIpc) is 3.03. The zero-order chi connectivity index (χ0) is 22.1. The molecule has 1 aromatic rings. The fourth-order valence-electron chi connectivity index (χ4n) is 3.11. The van der Waals surface area contributed by atoms with Gasteiger partial charge in [0, 0.05) is 5.56 Å². The molecule has 0 unspecified atom stereocenters. The first-order valence-electron chi connectivity index (χ1n) is 9.09. The monoisotopic (exact) mass is 432 g/mol. The molecule has 0 amide bonds. The van der Waals surface area contributed by atoms with Crippen LogP contribution in [0, 0.1) is 0 Å². The quantitative estimate of drug-likeness (QED) is 0.214. The van der Waals surface area contributed by atoms with Crippen LogP contribution < -0.4 is 4.74 Å². The predicted octanol–water partition coefficient (Wildman–Crippen LogP) is -3.15. The highest BCUT2D eigenvalue weighted by molar-refractivity contribution is 5.76. The maximum absolute atomic E-state index is 10.7. The number of hydrogen-bond acceptors (Lipinski definition) is 12. The molecule has 0 aliphatic carbocycles. The Bertz CT molecular complexity index is 744. The number of benzene rings is 1. The number of phenolic OH excluding ortho intramolecular Hbond substituents is 1. The second-order valence-electron chi connectivity index (χ2n) is 7.20. The lowest BCUT2D eigenvalue weighted by Crippen LogP contribution is -2.60. The van der Waals surface area contributed by atoms with Gasteiger partial charge in [0.25, 0.3) is 0 Å². The molecular formula is C18H24O12. The van der Waals surface area contributed by atoms with Crippen molar-refractivity contribution in [2.75, 3.05) is 19.8 Å². The van der Waals surface area contributed by atoms with Crippen molar-refractivity contribution in [1.29, 1.82) is 0 Å². The smallest absolute Gasteiger partial charge is 0.229 e. The molecule has 2 aliphatic rings. The Balaban J connectivity index is 1.65. The zero-order valence-corrected chi connectivity index (χ0v) is 15.6. The minimum Gasteiger partial charge on any atom is -0.504 e. The number of aliphatic hydroxyl groups excluding tert-OH is 5. The summed E-state index contributed by atoms with van der Waals surface area (Å²) in [5, 5.41) is 69.4. The molecule has 1 aromatic carbocycles. The molecule has 2 fully saturated rings. The van der Waals surface area contributed by atoms with Crippen molar-refractivity contribution in [3.8, 4) is 11.5 Å². The second kappa shape index (κ2) is 9.09. The third kappa shape index (κ3) is 4.42. The van der Waals surface area contributed by atoms with Gasteiger partial charge < -0.3 is 54.7 Å².